The third-order valence-electron chi connectivity index (χ3n) is 3.24. The lowest BCUT2D eigenvalue weighted by atomic mass is 10.1. The maximum Gasteiger partial charge on any atom is 0.157 e. The number of anilines is 1. The van der Waals surface area contributed by atoms with Gasteiger partial charge in [-0.1, -0.05) is 0 Å². The Bertz CT molecular complexity index is 753. The molecule has 0 bridgehead atoms. The average Bonchev–Trinajstić information content (AvgIpc) is 2.85. The van der Waals surface area contributed by atoms with Crippen LogP contribution in [-0.4, -0.2) is 31.2 Å². The van der Waals surface area contributed by atoms with Gasteiger partial charge in [0.05, 0.1) is 11.8 Å². The molecule has 0 aliphatic heterocycles. The van der Waals surface area contributed by atoms with Crippen LogP contribution in [0, 0.1) is 13.8 Å². The summed E-state index contributed by atoms with van der Waals surface area (Å²) >= 11 is 0. The van der Waals surface area contributed by atoms with Crippen LogP contribution < -0.4 is 5.32 Å². The molecule has 0 amide bonds. The van der Waals surface area contributed by atoms with Crippen LogP contribution in [0.4, 0.5) is 5.82 Å². The number of aryl methyl sites for hydroxylation is 2. The molecule has 0 radical (unpaired) electrons. The van der Waals surface area contributed by atoms with Gasteiger partial charge in [0.25, 0.3) is 0 Å². The molecule has 0 saturated heterocycles. The number of nitrogens with zero attached hydrogens (tertiary/aromatic N) is 4. The van der Waals surface area contributed by atoms with Gasteiger partial charge in [-0.3, -0.25) is 4.98 Å². The molecule has 0 aliphatic carbocycles. The van der Waals surface area contributed by atoms with Gasteiger partial charge in [-0.25, -0.2) is 4.98 Å². The van der Waals surface area contributed by atoms with Crippen LogP contribution in [0.25, 0.3) is 5.65 Å². The fourth-order valence-electron chi connectivity index (χ4n) is 2.25. The second-order valence-corrected chi connectivity index (χ2v) is 5.02. The largest absolute Gasteiger partial charge is 0.387 e. The summed E-state index contributed by atoms with van der Waals surface area (Å²) in [4.78, 5) is 8.38. The van der Waals surface area contributed by atoms with Crippen molar-refractivity contribution in [1.82, 2.24) is 19.6 Å². The van der Waals surface area contributed by atoms with Crippen LogP contribution in [0.3, 0.4) is 0 Å². The lowest BCUT2D eigenvalue weighted by Crippen LogP contribution is -2.15. The summed E-state index contributed by atoms with van der Waals surface area (Å²) < 4.78 is 1.75. The van der Waals surface area contributed by atoms with Gasteiger partial charge in [-0.15, -0.1) is 0 Å². The second-order valence-electron chi connectivity index (χ2n) is 5.02. The van der Waals surface area contributed by atoms with Crippen LogP contribution in [0.2, 0.25) is 0 Å². The summed E-state index contributed by atoms with van der Waals surface area (Å²) in [5, 5.41) is 17.8. The van der Waals surface area contributed by atoms with E-state index in [9.17, 15) is 5.11 Å². The number of nitrogens with one attached hydrogen (secondary N) is 1. The molecule has 0 aromatic carbocycles. The SMILES string of the molecule is Cc1cc(NC[C@H](O)c2ccncc2)n2nc(C)cc2n1. The van der Waals surface area contributed by atoms with Crippen molar-refractivity contribution >= 4 is 11.5 Å². The number of rotatable bonds is 4. The maximum absolute atomic E-state index is 10.2. The van der Waals surface area contributed by atoms with Gasteiger partial charge in [0.2, 0.25) is 0 Å². The predicted molar refractivity (Wildman–Crippen MR) is 80.1 cm³/mol. The van der Waals surface area contributed by atoms with Crippen LogP contribution in [0.1, 0.15) is 23.1 Å². The van der Waals surface area contributed by atoms with Crippen molar-refractivity contribution in [3.05, 3.63) is 53.6 Å². The molecule has 21 heavy (non-hydrogen) atoms. The summed E-state index contributed by atoms with van der Waals surface area (Å²) in [7, 11) is 0. The highest BCUT2D eigenvalue weighted by Gasteiger charge is 2.10. The van der Waals surface area contributed by atoms with E-state index in [1.165, 1.54) is 0 Å². The molecular weight excluding hydrogens is 266 g/mol. The fraction of sp³-hybridized carbons (Fsp3) is 0.267. The first kappa shape index (κ1) is 13.5. The molecule has 0 unspecified atom stereocenters. The Morgan fingerprint density at radius 3 is 2.71 bits per heavy atom. The number of hydrogen-bond donors (Lipinski definition) is 2. The number of fused-ring (bicyclic) bond motifs is 1. The van der Waals surface area contributed by atoms with Crippen molar-refractivity contribution in [3.63, 3.8) is 0 Å². The van der Waals surface area contributed by atoms with Gasteiger partial charge in [0.15, 0.2) is 5.65 Å². The third kappa shape index (κ3) is 2.85. The fourth-order valence-corrected chi connectivity index (χ4v) is 2.25. The zero-order valence-corrected chi connectivity index (χ0v) is 12.0. The minimum Gasteiger partial charge on any atom is -0.387 e. The number of aliphatic hydroxyl groups is 1. The summed E-state index contributed by atoms with van der Waals surface area (Å²) in [6.45, 7) is 4.26. The first-order valence-corrected chi connectivity index (χ1v) is 6.79. The van der Waals surface area contributed by atoms with E-state index in [1.807, 2.05) is 26.0 Å². The van der Waals surface area contributed by atoms with E-state index in [-0.39, 0.29) is 0 Å². The van der Waals surface area contributed by atoms with E-state index in [2.05, 4.69) is 20.4 Å². The van der Waals surface area contributed by atoms with Crippen LogP contribution in [0.15, 0.2) is 36.7 Å². The number of hydrogen-bond acceptors (Lipinski definition) is 5. The van der Waals surface area contributed by atoms with Gasteiger partial charge >= 0.3 is 0 Å². The van der Waals surface area contributed by atoms with E-state index >= 15 is 0 Å². The van der Waals surface area contributed by atoms with E-state index in [1.54, 1.807) is 29.0 Å². The lowest BCUT2D eigenvalue weighted by Gasteiger charge is -2.14. The van der Waals surface area contributed by atoms with E-state index in [0.29, 0.717) is 6.54 Å². The molecule has 2 N–H and O–H groups in total. The van der Waals surface area contributed by atoms with Crippen molar-refractivity contribution in [2.24, 2.45) is 0 Å². The Balaban J connectivity index is 1.82. The summed E-state index contributed by atoms with van der Waals surface area (Å²) in [5.74, 6) is 0.818. The summed E-state index contributed by atoms with van der Waals surface area (Å²) in [6.07, 6.45) is 2.74. The molecule has 1 atom stereocenters. The van der Waals surface area contributed by atoms with E-state index in [0.717, 1.165) is 28.4 Å². The molecule has 6 nitrogen and oxygen atoms in total. The molecule has 0 aliphatic rings. The highest BCUT2D eigenvalue weighted by atomic mass is 16.3. The zero-order valence-electron chi connectivity index (χ0n) is 12.0. The molecule has 108 valence electrons. The molecule has 0 saturated carbocycles. The zero-order chi connectivity index (χ0) is 14.8. The van der Waals surface area contributed by atoms with Crippen molar-refractivity contribution in [3.8, 4) is 0 Å². The normalized spacial score (nSPS) is 12.5. The third-order valence-corrected chi connectivity index (χ3v) is 3.24. The molecule has 3 heterocycles. The highest BCUT2D eigenvalue weighted by Crippen LogP contribution is 2.16. The van der Waals surface area contributed by atoms with Crippen molar-refractivity contribution < 1.29 is 5.11 Å². The molecule has 0 fully saturated rings. The van der Waals surface area contributed by atoms with Gasteiger partial charge in [0, 0.05) is 36.8 Å². The minimum atomic E-state index is -0.604. The molecule has 6 heteroatoms. The van der Waals surface area contributed by atoms with Crippen LogP contribution in [-0.2, 0) is 0 Å². The maximum atomic E-state index is 10.2. The Hall–Kier alpha value is -2.47. The molecular formula is C15H17N5O. The Labute approximate surface area is 122 Å². The number of aromatic nitrogens is 4. The van der Waals surface area contributed by atoms with E-state index < -0.39 is 6.10 Å². The summed E-state index contributed by atoms with van der Waals surface area (Å²) in [6, 6.07) is 7.45. The quantitative estimate of drug-likeness (QED) is 0.764. The van der Waals surface area contributed by atoms with Gasteiger partial charge < -0.3 is 10.4 Å². The van der Waals surface area contributed by atoms with Crippen LogP contribution >= 0.6 is 0 Å². The predicted octanol–water partition coefficient (Wildman–Crippen LogP) is 1.89. The molecule has 0 spiro atoms. The Kier molecular flexibility index (Phi) is 3.53. The smallest absolute Gasteiger partial charge is 0.157 e. The molecule has 3 aromatic rings. The molecule has 3 aromatic heterocycles. The van der Waals surface area contributed by atoms with Crippen LogP contribution in [0.5, 0.6) is 0 Å². The summed E-state index contributed by atoms with van der Waals surface area (Å²) in [5.41, 5.74) is 3.44. The van der Waals surface area contributed by atoms with Gasteiger partial charge in [0.1, 0.15) is 5.82 Å². The van der Waals surface area contributed by atoms with Crippen molar-refractivity contribution in [1.29, 1.82) is 0 Å². The highest BCUT2D eigenvalue weighted by molar-refractivity contribution is 5.50. The number of aliphatic hydroxyl groups excluding tert-OH is 1. The van der Waals surface area contributed by atoms with Crippen molar-refractivity contribution in [2.75, 3.05) is 11.9 Å². The first-order valence-electron chi connectivity index (χ1n) is 6.79. The Morgan fingerprint density at radius 1 is 1.19 bits per heavy atom. The average molecular weight is 283 g/mol. The van der Waals surface area contributed by atoms with E-state index in [4.69, 9.17) is 0 Å². The monoisotopic (exact) mass is 283 g/mol. The molecule has 3 rings (SSSR count). The Morgan fingerprint density at radius 2 is 1.95 bits per heavy atom. The first-order chi connectivity index (χ1) is 10.1. The van der Waals surface area contributed by atoms with Gasteiger partial charge in [-0.05, 0) is 31.5 Å². The lowest BCUT2D eigenvalue weighted by molar-refractivity contribution is 0.191. The van der Waals surface area contributed by atoms with Crippen molar-refractivity contribution in [2.45, 2.75) is 20.0 Å². The second kappa shape index (κ2) is 5.49. The topological polar surface area (TPSA) is 75.3 Å². The van der Waals surface area contributed by atoms with Gasteiger partial charge in [-0.2, -0.15) is 9.61 Å². The standard InChI is InChI=1S/C15H17N5O/c1-10-7-14(20-15(18-10)8-11(2)19-20)17-9-13(21)12-3-5-16-6-4-12/h3-8,13,17,21H,9H2,1-2H3/t13-/m0/s1. The number of pyridine rings is 1. The minimum absolute atomic E-state index is 0.390.